The minimum absolute atomic E-state index is 0.0348. The van der Waals surface area contributed by atoms with Crippen LogP contribution in [0.1, 0.15) is 19.4 Å². The van der Waals surface area contributed by atoms with Gasteiger partial charge in [0.2, 0.25) is 5.91 Å². The lowest BCUT2D eigenvalue weighted by Crippen LogP contribution is -2.46. The molecule has 0 aliphatic carbocycles. The molecule has 0 aromatic heterocycles. The Bertz CT molecular complexity index is 651. The molecule has 0 atom stereocenters. The molecule has 1 aromatic carbocycles. The molecule has 0 unspecified atom stereocenters. The van der Waals surface area contributed by atoms with Crippen LogP contribution < -0.4 is 9.47 Å². The van der Waals surface area contributed by atoms with Crippen LogP contribution in [0.2, 0.25) is 0 Å². The Morgan fingerprint density at radius 1 is 1.15 bits per heavy atom. The second-order valence-electron chi connectivity index (χ2n) is 4.78. The molecule has 6 nitrogen and oxygen atoms in total. The summed E-state index contributed by atoms with van der Waals surface area (Å²) in [6.07, 6.45) is 0.0348. The first-order valence-electron chi connectivity index (χ1n) is 6.15. The Hall–Kier alpha value is -1.76. The third-order valence-electron chi connectivity index (χ3n) is 3.16. The minimum Gasteiger partial charge on any atom is -0.493 e. The van der Waals surface area contributed by atoms with Gasteiger partial charge in [-0.2, -0.15) is 0 Å². The summed E-state index contributed by atoms with van der Waals surface area (Å²) >= 11 is 0. The molecule has 1 heterocycles. The lowest BCUT2D eigenvalue weighted by molar-refractivity contribution is -0.127. The van der Waals surface area contributed by atoms with E-state index in [2.05, 4.69) is 0 Å². The molecular weight excluding hydrogens is 282 g/mol. The van der Waals surface area contributed by atoms with Crippen molar-refractivity contribution in [2.24, 2.45) is 0 Å². The second-order valence-corrected chi connectivity index (χ2v) is 6.56. The van der Waals surface area contributed by atoms with Crippen LogP contribution in [0.25, 0.3) is 0 Å². The highest BCUT2D eigenvalue weighted by molar-refractivity contribution is 7.89. The van der Waals surface area contributed by atoms with Gasteiger partial charge in [-0.15, -0.1) is 0 Å². The minimum atomic E-state index is -3.84. The zero-order valence-corrected chi connectivity index (χ0v) is 12.7. The molecule has 110 valence electrons. The number of hydrogen-bond acceptors (Lipinski definition) is 5. The molecule has 1 aliphatic heterocycles. The van der Waals surface area contributed by atoms with Gasteiger partial charge in [-0.05, 0) is 25.5 Å². The van der Waals surface area contributed by atoms with Crippen molar-refractivity contribution in [3.05, 3.63) is 17.7 Å². The molecule has 0 saturated heterocycles. The highest BCUT2D eigenvalue weighted by Gasteiger charge is 2.39. The van der Waals surface area contributed by atoms with E-state index in [9.17, 15) is 13.2 Å². The summed E-state index contributed by atoms with van der Waals surface area (Å²) in [5.74, 6) is 0.305. The third kappa shape index (κ3) is 2.11. The standard InChI is InChI=1S/C13H17NO5S/c1-8(2)14-13(15)6-9-5-10(18-3)11(19-4)7-12(9)20(14,16)17/h5,7-8H,6H2,1-4H3. The molecule has 1 amide bonds. The van der Waals surface area contributed by atoms with Crippen LogP contribution in [0.5, 0.6) is 11.5 Å². The van der Waals surface area contributed by atoms with Gasteiger partial charge in [0, 0.05) is 12.1 Å². The lowest BCUT2D eigenvalue weighted by Gasteiger charge is -2.31. The predicted octanol–water partition coefficient (Wildman–Crippen LogP) is 1.19. The van der Waals surface area contributed by atoms with Crippen LogP contribution >= 0.6 is 0 Å². The van der Waals surface area contributed by atoms with Crippen LogP contribution in [0.15, 0.2) is 17.0 Å². The van der Waals surface area contributed by atoms with E-state index in [1.54, 1.807) is 19.9 Å². The van der Waals surface area contributed by atoms with Crippen molar-refractivity contribution in [2.75, 3.05) is 14.2 Å². The summed E-state index contributed by atoms with van der Waals surface area (Å²) in [6, 6.07) is 2.53. The van der Waals surface area contributed by atoms with Crippen molar-refractivity contribution in [2.45, 2.75) is 31.2 Å². The molecule has 0 saturated carbocycles. The van der Waals surface area contributed by atoms with Gasteiger partial charge < -0.3 is 9.47 Å². The molecule has 0 radical (unpaired) electrons. The first-order chi connectivity index (χ1) is 9.32. The monoisotopic (exact) mass is 299 g/mol. The summed E-state index contributed by atoms with van der Waals surface area (Å²) in [5, 5.41) is 0. The number of rotatable bonds is 3. The summed E-state index contributed by atoms with van der Waals surface area (Å²) in [7, 11) is -0.943. The normalized spacial score (nSPS) is 17.1. The van der Waals surface area contributed by atoms with Crippen LogP contribution in [0.3, 0.4) is 0 Å². The fraction of sp³-hybridized carbons (Fsp3) is 0.462. The summed E-state index contributed by atoms with van der Waals surface area (Å²) in [5.41, 5.74) is 0.435. The topological polar surface area (TPSA) is 72.9 Å². The summed E-state index contributed by atoms with van der Waals surface area (Å²) in [6.45, 7) is 3.34. The van der Waals surface area contributed by atoms with Gasteiger partial charge in [0.15, 0.2) is 11.5 Å². The number of hydrogen-bond donors (Lipinski definition) is 0. The van der Waals surface area contributed by atoms with E-state index >= 15 is 0 Å². The highest BCUT2D eigenvalue weighted by Crippen LogP contribution is 2.37. The van der Waals surface area contributed by atoms with E-state index in [0.29, 0.717) is 17.1 Å². The van der Waals surface area contributed by atoms with E-state index in [1.165, 1.54) is 20.3 Å². The van der Waals surface area contributed by atoms with Gasteiger partial charge in [-0.3, -0.25) is 4.79 Å². The maximum absolute atomic E-state index is 12.5. The largest absolute Gasteiger partial charge is 0.493 e. The van der Waals surface area contributed by atoms with E-state index in [1.807, 2.05) is 0 Å². The zero-order chi connectivity index (χ0) is 15.1. The molecule has 0 bridgehead atoms. The molecule has 20 heavy (non-hydrogen) atoms. The number of carbonyl (C=O) groups is 1. The van der Waals surface area contributed by atoms with Gasteiger partial charge in [0.05, 0.1) is 25.5 Å². The average Bonchev–Trinajstić information content (AvgIpc) is 2.36. The number of carbonyl (C=O) groups excluding carboxylic acids is 1. The zero-order valence-electron chi connectivity index (χ0n) is 11.8. The molecule has 2 rings (SSSR count). The lowest BCUT2D eigenvalue weighted by atomic mass is 10.1. The number of ether oxygens (including phenoxy) is 2. The van der Waals surface area contributed by atoms with Crippen LogP contribution in [0, 0.1) is 0 Å². The summed E-state index contributed by atoms with van der Waals surface area (Å²) in [4.78, 5) is 12.1. The van der Waals surface area contributed by atoms with Crippen molar-refractivity contribution >= 4 is 15.9 Å². The fourth-order valence-corrected chi connectivity index (χ4v) is 4.15. The first kappa shape index (κ1) is 14.6. The first-order valence-corrected chi connectivity index (χ1v) is 7.59. The maximum atomic E-state index is 12.5. The highest BCUT2D eigenvalue weighted by atomic mass is 32.2. The Morgan fingerprint density at radius 3 is 2.20 bits per heavy atom. The SMILES string of the molecule is COc1cc2c(cc1OC)S(=O)(=O)N(C(C)C)C(=O)C2. The predicted molar refractivity (Wildman–Crippen MR) is 72.4 cm³/mol. The Kier molecular flexibility index (Phi) is 3.64. The van der Waals surface area contributed by atoms with Crippen molar-refractivity contribution in [3.63, 3.8) is 0 Å². The smallest absolute Gasteiger partial charge is 0.267 e. The van der Waals surface area contributed by atoms with Gasteiger partial charge in [-0.25, -0.2) is 12.7 Å². The van der Waals surface area contributed by atoms with E-state index in [4.69, 9.17) is 9.47 Å². The molecule has 1 aliphatic rings. The number of sulfonamides is 1. The van der Waals surface area contributed by atoms with Gasteiger partial charge in [-0.1, -0.05) is 0 Å². The number of methoxy groups -OCH3 is 2. The quantitative estimate of drug-likeness (QED) is 0.838. The van der Waals surface area contributed by atoms with E-state index in [-0.39, 0.29) is 11.3 Å². The molecular formula is C13H17NO5S. The Labute approximate surface area is 118 Å². The van der Waals surface area contributed by atoms with E-state index < -0.39 is 22.0 Å². The van der Waals surface area contributed by atoms with Crippen molar-refractivity contribution in [3.8, 4) is 11.5 Å². The molecule has 0 fully saturated rings. The van der Waals surface area contributed by atoms with Gasteiger partial charge in [0.1, 0.15) is 0 Å². The molecule has 7 heteroatoms. The molecule has 1 aromatic rings. The Morgan fingerprint density at radius 2 is 1.70 bits per heavy atom. The Balaban J connectivity index is 2.69. The summed E-state index contributed by atoms with van der Waals surface area (Å²) < 4.78 is 36.2. The van der Waals surface area contributed by atoms with Crippen LogP contribution in [0.4, 0.5) is 0 Å². The fourth-order valence-electron chi connectivity index (χ4n) is 2.33. The number of benzene rings is 1. The van der Waals surface area contributed by atoms with Crippen LogP contribution in [-0.4, -0.2) is 38.9 Å². The van der Waals surface area contributed by atoms with Crippen LogP contribution in [-0.2, 0) is 21.2 Å². The van der Waals surface area contributed by atoms with Gasteiger partial charge in [0.25, 0.3) is 10.0 Å². The average molecular weight is 299 g/mol. The van der Waals surface area contributed by atoms with Crippen molar-refractivity contribution in [1.29, 1.82) is 0 Å². The molecule has 0 N–H and O–H groups in total. The maximum Gasteiger partial charge on any atom is 0.267 e. The van der Waals surface area contributed by atoms with Crippen molar-refractivity contribution in [1.82, 2.24) is 4.31 Å². The number of nitrogens with zero attached hydrogens (tertiary/aromatic N) is 1. The third-order valence-corrected chi connectivity index (χ3v) is 5.24. The van der Waals surface area contributed by atoms with Crippen molar-refractivity contribution < 1.29 is 22.7 Å². The van der Waals surface area contributed by atoms with E-state index in [0.717, 1.165) is 4.31 Å². The second kappa shape index (κ2) is 4.97. The number of fused-ring (bicyclic) bond motifs is 1. The van der Waals surface area contributed by atoms with Gasteiger partial charge >= 0.3 is 0 Å². The number of amides is 1. The molecule has 0 spiro atoms.